The molecule has 1 heterocycles. The van der Waals surface area contributed by atoms with Crippen LogP contribution in [0.25, 0.3) is 0 Å². The van der Waals surface area contributed by atoms with Gasteiger partial charge in [0.25, 0.3) is 5.91 Å². The van der Waals surface area contributed by atoms with Crippen LogP contribution in [0.15, 0.2) is 43.8 Å². The highest BCUT2D eigenvalue weighted by atomic mass is 79.9. The maximum Gasteiger partial charge on any atom is 0.278 e. The molecule has 5 nitrogen and oxygen atoms in total. The quantitative estimate of drug-likeness (QED) is 0.465. The van der Waals surface area contributed by atoms with E-state index in [2.05, 4.69) is 42.3 Å². The molecule has 10 heteroatoms. The smallest absolute Gasteiger partial charge is 0.278 e. The van der Waals surface area contributed by atoms with Crippen molar-refractivity contribution in [1.29, 1.82) is 0 Å². The van der Waals surface area contributed by atoms with Gasteiger partial charge in [0, 0.05) is 15.0 Å². The van der Waals surface area contributed by atoms with Crippen molar-refractivity contribution < 1.29 is 27.2 Å². The van der Waals surface area contributed by atoms with Gasteiger partial charge in [-0.2, -0.15) is 0 Å². The van der Waals surface area contributed by atoms with E-state index in [4.69, 9.17) is 9.26 Å². The number of hydrogen-bond acceptors (Lipinski definition) is 4. The van der Waals surface area contributed by atoms with E-state index < -0.39 is 23.4 Å². The molecule has 1 N–H and O–H groups in total. The molecule has 0 radical (unpaired) electrons. The number of anilines is 1. The fourth-order valence-corrected chi connectivity index (χ4v) is 3.64. The highest BCUT2D eigenvalue weighted by Crippen LogP contribution is 2.32. The van der Waals surface area contributed by atoms with Crippen LogP contribution in [0.1, 0.15) is 21.8 Å². The predicted octanol–water partition coefficient (Wildman–Crippen LogP) is 5.76. The third-order valence-corrected chi connectivity index (χ3v) is 4.96. The monoisotopic (exact) mass is 518 g/mol. The molecule has 28 heavy (non-hydrogen) atoms. The molecule has 3 rings (SSSR count). The van der Waals surface area contributed by atoms with Crippen molar-refractivity contribution >= 4 is 43.5 Å². The van der Waals surface area contributed by atoms with Crippen LogP contribution in [-0.2, 0) is 6.61 Å². The number of aryl methyl sites for hydroxylation is 1. The standard InChI is InChI=1S/C18H11Br2F3N2O3/c1-8-11(7-27-15-3-2-9(21)6-14(15)23)16(25-28-8)18(26)24-17-12(19)4-10(22)5-13(17)20/h2-6H,7H2,1H3,(H,24,26). The number of aromatic nitrogens is 1. The molecular formula is C18H11Br2F3N2O3. The van der Waals surface area contributed by atoms with Crippen LogP contribution >= 0.6 is 31.9 Å². The molecule has 3 aromatic rings. The van der Waals surface area contributed by atoms with E-state index in [0.717, 1.165) is 12.1 Å². The number of hydrogen-bond donors (Lipinski definition) is 1. The first-order valence-electron chi connectivity index (χ1n) is 7.75. The summed E-state index contributed by atoms with van der Waals surface area (Å²) in [4.78, 5) is 12.6. The number of amides is 1. The summed E-state index contributed by atoms with van der Waals surface area (Å²) in [6.45, 7) is 1.33. The van der Waals surface area contributed by atoms with Gasteiger partial charge >= 0.3 is 0 Å². The number of nitrogens with one attached hydrogen (secondary N) is 1. The number of nitrogens with zero attached hydrogens (tertiary/aromatic N) is 1. The first-order chi connectivity index (χ1) is 13.3. The van der Waals surface area contributed by atoms with Crippen LogP contribution in [0.4, 0.5) is 18.9 Å². The second-order valence-corrected chi connectivity index (χ2v) is 7.34. The summed E-state index contributed by atoms with van der Waals surface area (Å²) in [7, 11) is 0. The molecule has 2 aromatic carbocycles. The summed E-state index contributed by atoms with van der Waals surface area (Å²) in [6.07, 6.45) is 0. The van der Waals surface area contributed by atoms with Crippen molar-refractivity contribution in [2.45, 2.75) is 13.5 Å². The minimum Gasteiger partial charge on any atom is -0.486 e. The molecule has 0 bridgehead atoms. The number of carbonyl (C=O) groups excluding carboxylic acids is 1. The van der Waals surface area contributed by atoms with Crippen LogP contribution in [0.5, 0.6) is 5.75 Å². The minimum absolute atomic E-state index is 0.0804. The molecule has 0 unspecified atom stereocenters. The minimum atomic E-state index is -0.876. The summed E-state index contributed by atoms with van der Waals surface area (Å²) >= 11 is 6.34. The molecule has 0 spiro atoms. The van der Waals surface area contributed by atoms with E-state index in [1.54, 1.807) is 6.92 Å². The third-order valence-electron chi connectivity index (χ3n) is 3.71. The zero-order chi connectivity index (χ0) is 20.4. The Morgan fingerprint density at radius 2 is 1.82 bits per heavy atom. The Kier molecular flexibility index (Phi) is 6.09. The van der Waals surface area contributed by atoms with Gasteiger partial charge in [0.05, 0.1) is 11.3 Å². The molecule has 0 atom stereocenters. The van der Waals surface area contributed by atoms with Gasteiger partial charge in [0.15, 0.2) is 17.3 Å². The highest BCUT2D eigenvalue weighted by molar-refractivity contribution is 9.11. The van der Waals surface area contributed by atoms with Crippen molar-refractivity contribution in [1.82, 2.24) is 5.16 Å². The maximum absolute atomic E-state index is 13.7. The van der Waals surface area contributed by atoms with Crippen molar-refractivity contribution in [3.05, 3.63) is 73.7 Å². The predicted molar refractivity (Wildman–Crippen MR) is 102 cm³/mol. The number of benzene rings is 2. The lowest BCUT2D eigenvalue weighted by Crippen LogP contribution is -2.16. The molecule has 0 aliphatic carbocycles. The average Bonchev–Trinajstić information content (AvgIpc) is 2.98. The molecule has 1 amide bonds. The molecular weight excluding hydrogens is 509 g/mol. The molecule has 1 aromatic heterocycles. The molecule has 0 saturated carbocycles. The van der Waals surface area contributed by atoms with Crippen molar-refractivity contribution in [3.8, 4) is 5.75 Å². The lowest BCUT2D eigenvalue weighted by molar-refractivity contribution is 0.101. The van der Waals surface area contributed by atoms with Crippen molar-refractivity contribution in [2.24, 2.45) is 0 Å². The Labute approximate surface area is 174 Å². The van der Waals surface area contributed by atoms with Gasteiger partial charge in [-0.3, -0.25) is 4.79 Å². The number of carbonyl (C=O) groups is 1. The summed E-state index contributed by atoms with van der Waals surface area (Å²) in [5.74, 6) is -2.63. The number of ether oxygens (including phenoxy) is 1. The van der Waals surface area contributed by atoms with Crippen molar-refractivity contribution in [3.63, 3.8) is 0 Å². The van der Waals surface area contributed by atoms with Crippen LogP contribution in [0.3, 0.4) is 0 Å². The number of halogens is 5. The SMILES string of the molecule is Cc1onc(C(=O)Nc2c(Br)cc(F)cc2Br)c1COc1ccc(F)cc1F. The molecule has 0 aliphatic heterocycles. The molecule has 0 saturated heterocycles. The van der Waals surface area contributed by atoms with Crippen LogP contribution < -0.4 is 10.1 Å². The van der Waals surface area contributed by atoms with Gasteiger partial charge in [0.2, 0.25) is 0 Å². The Morgan fingerprint density at radius 1 is 1.14 bits per heavy atom. The third kappa shape index (κ3) is 4.39. The van der Waals surface area contributed by atoms with E-state index in [1.165, 1.54) is 12.1 Å². The Bertz CT molecular complexity index is 1030. The van der Waals surface area contributed by atoms with E-state index in [-0.39, 0.29) is 23.6 Å². The van der Waals surface area contributed by atoms with E-state index in [0.29, 0.717) is 26.5 Å². The normalized spacial score (nSPS) is 10.8. The van der Waals surface area contributed by atoms with Gasteiger partial charge in [-0.1, -0.05) is 5.16 Å². The second-order valence-electron chi connectivity index (χ2n) is 5.63. The average molecular weight is 520 g/mol. The summed E-state index contributed by atoms with van der Waals surface area (Å²) in [6, 6.07) is 5.26. The largest absolute Gasteiger partial charge is 0.486 e. The fourth-order valence-electron chi connectivity index (χ4n) is 2.32. The lowest BCUT2D eigenvalue weighted by Gasteiger charge is -2.10. The zero-order valence-corrected chi connectivity index (χ0v) is 17.3. The van der Waals surface area contributed by atoms with Crippen molar-refractivity contribution in [2.75, 3.05) is 5.32 Å². The van der Waals surface area contributed by atoms with E-state index in [1.807, 2.05) is 0 Å². The summed E-state index contributed by atoms with van der Waals surface area (Å²) in [5.41, 5.74) is 0.502. The van der Waals surface area contributed by atoms with E-state index >= 15 is 0 Å². The van der Waals surface area contributed by atoms with Gasteiger partial charge in [-0.05, 0) is 63.0 Å². The maximum atomic E-state index is 13.7. The Balaban J connectivity index is 1.81. The van der Waals surface area contributed by atoms with Gasteiger partial charge in [-0.15, -0.1) is 0 Å². The van der Waals surface area contributed by atoms with Crippen LogP contribution in [-0.4, -0.2) is 11.1 Å². The Morgan fingerprint density at radius 3 is 2.46 bits per heavy atom. The second kappa shape index (κ2) is 8.36. The summed E-state index contributed by atoms with van der Waals surface area (Å²) < 4.78 is 51.1. The van der Waals surface area contributed by atoms with Crippen LogP contribution in [0.2, 0.25) is 0 Å². The van der Waals surface area contributed by atoms with Gasteiger partial charge in [0.1, 0.15) is 24.0 Å². The number of rotatable bonds is 5. The van der Waals surface area contributed by atoms with Crippen LogP contribution in [0, 0.1) is 24.4 Å². The fraction of sp³-hybridized carbons (Fsp3) is 0.111. The molecule has 0 fully saturated rings. The topological polar surface area (TPSA) is 64.4 Å². The summed E-state index contributed by atoms with van der Waals surface area (Å²) in [5, 5.41) is 6.30. The molecule has 0 aliphatic rings. The molecule has 146 valence electrons. The first kappa shape index (κ1) is 20.4. The lowest BCUT2D eigenvalue weighted by atomic mass is 10.2. The first-order valence-corrected chi connectivity index (χ1v) is 9.33. The zero-order valence-electron chi connectivity index (χ0n) is 14.2. The highest BCUT2D eigenvalue weighted by Gasteiger charge is 2.22. The van der Waals surface area contributed by atoms with Gasteiger partial charge < -0.3 is 14.6 Å². The van der Waals surface area contributed by atoms with E-state index in [9.17, 15) is 18.0 Å². The van der Waals surface area contributed by atoms with Gasteiger partial charge in [-0.25, -0.2) is 13.2 Å². The Hall–Kier alpha value is -2.33.